The summed E-state index contributed by atoms with van der Waals surface area (Å²) < 4.78 is 5.45. The van der Waals surface area contributed by atoms with Crippen molar-refractivity contribution in [2.75, 3.05) is 30.4 Å². The fourth-order valence-corrected chi connectivity index (χ4v) is 5.31. The molecular formula is C25H35N5OS. The lowest BCUT2D eigenvalue weighted by Crippen LogP contribution is -2.43. The maximum Gasteiger partial charge on any atom is 0.234 e. The highest BCUT2D eigenvalue weighted by atomic mass is 32.1. The molecule has 0 amide bonds. The van der Waals surface area contributed by atoms with Gasteiger partial charge in [-0.05, 0) is 56.8 Å². The molecule has 1 aliphatic heterocycles. The quantitative estimate of drug-likeness (QED) is 0.593. The van der Waals surface area contributed by atoms with Gasteiger partial charge in [-0.1, -0.05) is 49.6 Å². The van der Waals surface area contributed by atoms with Crippen LogP contribution in [0.3, 0.4) is 0 Å². The fourth-order valence-electron chi connectivity index (χ4n) is 5.14. The van der Waals surface area contributed by atoms with E-state index in [9.17, 15) is 0 Å². The second-order valence-electron chi connectivity index (χ2n) is 9.15. The summed E-state index contributed by atoms with van der Waals surface area (Å²) >= 11 is 5.65. The van der Waals surface area contributed by atoms with Crippen LogP contribution in [0.15, 0.2) is 36.4 Å². The summed E-state index contributed by atoms with van der Waals surface area (Å²) in [7, 11) is 1.64. The molecule has 1 saturated heterocycles. The van der Waals surface area contributed by atoms with Crippen molar-refractivity contribution in [2.45, 2.75) is 69.7 Å². The first-order chi connectivity index (χ1) is 15.6. The molecule has 1 aromatic carbocycles. The molecule has 4 rings (SSSR count). The third kappa shape index (κ3) is 5.31. The molecule has 0 spiro atoms. The summed E-state index contributed by atoms with van der Waals surface area (Å²) in [6, 6.07) is 13.2. The third-order valence-electron chi connectivity index (χ3n) is 7.00. The van der Waals surface area contributed by atoms with Crippen molar-refractivity contribution < 1.29 is 4.74 Å². The summed E-state index contributed by atoms with van der Waals surface area (Å²) in [5.41, 5.74) is 1.52. The number of anilines is 2. The van der Waals surface area contributed by atoms with Gasteiger partial charge in [0.05, 0.1) is 7.11 Å². The molecule has 7 heteroatoms. The van der Waals surface area contributed by atoms with Crippen LogP contribution in [0.4, 0.5) is 11.8 Å². The van der Waals surface area contributed by atoms with Crippen LogP contribution in [0, 0.1) is 0 Å². The van der Waals surface area contributed by atoms with Crippen LogP contribution in [-0.2, 0) is 5.41 Å². The van der Waals surface area contributed by atoms with Crippen LogP contribution in [-0.4, -0.2) is 41.3 Å². The second kappa shape index (κ2) is 10.5. The molecule has 2 N–H and O–H groups in total. The Bertz CT molecular complexity index is 900. The fraction of sp³-hybridized carbons (Fsp3) is 0.560. The number of hydrogen-bond donors (Lipinski definition) is 2. The van der Waals surface area contributed by atoms with Crippen molar-refractivity contribution in [2.24, 2.45) is 0 Å². The molecule has 1 atom stereocenters. The molecule has 2 aliphatic rings. The second-order valence-corrected chi connectivity index (χ2v) is 9.55. The molecule has 2 heterocycles. The van der Waals surface area contributed by atoms with E-state index in [0.717, 1.165) is 18.9 Å². The van der Waals surface area contributed by atoms with Gasteiger partial charge in [-0.3, -0.25) is 0 Å². The summed E-state index contributed by atoms with van der Waals surface area (Å²) in [6.07, 6.45) is 9.81. The predicted octanol–water partition coefficient (Wildman–Crippen LogP) is 5.05. The van der Waals surface area contributed by atoms with E-state index in [1.165, 1.54) is 56.9 Å². The topological polar surface area (TPSA) is 62.3 Å². The van der Waals surface area contributed by atoms with E-state index in [-0.39, 0.29) is 5.41 Å². The van der Waals surface area contributed by atoms with Gasteiger partial charge in [0.15, 0.2) is 5.11 Å². The number of benzene rings is 1. The number of hydrogen-bond acceptors (Lipinski definition) is 5. The Morgan fingerprint density at radius 3 is 2.62 bits per heavy atom. The first-order valence-corrected chi connectivity index (χ1v) is 12.3. The third-order valence-corrected chi connectivity index (χ3v) is 7.25. The summed E-state index contributed by atoms with van der Waals surface area (Å²) in [5.74, 6) is 1.92. The Kier molecular flexibility index (Phi) is 7.45. The van der Waals surface area contributed by atoms with Gasteiger partial charge < -0.3 is 20.3 Å². The van der Waals surface area contributed by atoms with Crippen molar-refractivity contribution >= 4 is 29.1 Å². The Labute approximate surface area is 197 Å². The summed E-state index contributed by atoms with van der Waals surface area (Å²) in [5, 5.41) is 7.23. The zero-order valence-electron chi connectivity index (χ0n) is 19.3. The number of nitrogens with zero attached hydrogens (tertiary/aromatic N) is 3. The number of aromatic nitrogens is 2. The highest BCUT2D eigenvalue weighted by Crippen LogP contribution is 2.39. The molecule has 1 saturated carbocycles. The highest BCUT2D eigenvalue weighted by Gasteiger charge is 2.33. The average molecular weight is 454 g/mol. The molecule has 0 bridgehead atoms. The largest absolute Gasteiger partial charge is 0.481 e. The van der Waals surface area contributed by atoms with E-state index >= 15 is 0 Å². The maximum absolute atomic E-state index is 5.65. The monoisotopic (exact) mass is 453 g/mol. The average Bonchev–Trinajstić information content (AvgIpc) is 2.84. The first-order valence-electron chi connectivity index (χ1n) is 11.9. The molecule has 2 fully saturated rings. The lowest BCUT2D eigenvalue weighted by Gasteiger charge is -2.38. The highest BCUT2D eigenvalue weighted by molar-refractivity contribution is 7.80. The number of nitrogens with one attached hydrogen (secondary N) is 2. The van der Waals surface area contributed by atoms with E-state index in [1.807, 2.05) is 6.07 Å². The van der Waals surface area contributed by atoms with E-state index in [2.05, 4.69) is 57.8 Å². The van der Waals surface area contributed by atoms with Gasteiger partial charge in [0.25, 0.3) is 0 Å². The Balaban J connectivity index is 1.46. The summed E-state index contributed by atoms with van der Waals surface area (Å²) in [4.78, 5) is 11.6. The smallest absolute Gasteiger partial charge is 0.234 e. The van der Waals surface area contributed by atoms with E-state index in [1.54, 1.807) is 7.11 Å². The molecule has 1 unspecified atom stereocenters. The Hall–Kier alpha value is -2.41. The SMILES string of the molecule is COc1cc(N2CCCCC2C)nc(NC(=S)NCC2(c3ccccc3)CCCCC2)n1. The lowest BCUT2D eigenvalue weighted by molar-refractivity contribution is 0.292. The molecule has 1 aromatic heterocycles. The van der Waals surface area contributed by atoms with Crippen LogP contribution in [0.2, 0.25) is 0 Å². The number of ether oxygens (including phenoxy) is 1. The minimum Gasteiger partial charge on any atom is -0.481 e. The van der Waals surface area contributed by atoms with Gasteiger partial charge in [0, 0.05) is 30.6 Å². The molecule has 1 aliphatic carbocycles. The van der Waals surface area contributed by atoms with Crippen LogP contribution >= 0.6 is 12.2 Å². The normalized spacial score (nSPS) is 20.4. The number of piperidine rings is 1. The van der Waals surface area contributed by atoms with Crippen molar-refractivity contribution in [3.8, 4) is 5.88 Å². The number of thiocarbonyl (C=S) groups is 1. The van der Waals surface area contributed by atoms with Gasteiger partial charge in [-0.25, -0.2) is 0 Å². The van der Waals surface area contributed by atoms with Gasteiger partial charge in [0.2, 0.25) is 11.8 Å². The zero-order chi connectivity index (χ0) is 22.4. The molecule has 0 radical (unpaired) electrons. The van der Waals surface area contributed by atoms with E-state index in [0.29, 0.717) is 23.0 Å². The van der Waals surface area contributed by atoms with Crippen LogP contribution in [0.25, 0.3) is 0 Å². The van der Waals surface area contributed by atoms with Gasteiger partial charge in [-0.2, -0.15) is 9.97 Å². The molecule has 172 valence electrons. The van der Waals surface area contributed by atoms with Crippen LogP contribution < -0.4 is 20.3 Å². The van der Waals surface area contributed by atoms with Crippen molar-refractivity contribution in [1.82, 2.24) is 15.3 Å². The van der Waals surface area contributed by atoms with Crippen LogP contribution in [0.5, 0.6) is 5.88 Å². The molecule has 2 aromatic rings. The van der Waals surface area contributed by atoms with Crippen molar-refractivity contribution in [1.29, 1.82) is 0 Å². The number of methoxy groups -OCH3 is 1. The van der Waals surface area contributed by atoms with Gasteiger partial charge in [-0.15, -0.1) is 0 Å². The lowest BCUT2D eigenvalue weighted by atomic mass is 9.69. The first kappa shape index (κ1) is 22.8. The van der Waals surface area contributed by atoms with E-state index in [4.69, 9.17) is 21.9 Å². The van der Waals surface area contributed by atoms with Gasteiger partial charge >= 0.3 is 0 Å². The molecular weight excluding hydrogens is 418 g/mol. The molecule has 6 nitrogen and oxygen atoms in total. The zero-order valence-corrected chi connectivity index (χ0v) is 20.1. The Morgan fingerprint density at radius 2 is 1.91 bits per heavy atom. The van der Waals surface area contributed by atoms with Crippen molar-refractivity contribution in [3.63, 3.8) is 0 Å². The maximum atomic E-state index is 5.65. The molecule has 32 heavy (non-hydrogen) atoms. The van der Waals surface area contributed by atoms with Crippen molar-refractivity contribution in [3.05, 3.63) is 42.0 Å². The van der Waals surface area contributed by atoms with Crippen LogP contribution in [0.1, 0.15) is 63.9 Å². The minimum absolute atomic E-state index is 0.120. The standard InChI is InChI=1S/C25H35N5OS/c1-19-11-7-10-16-30(19)21-17-22(31-2)28-23(27-21)29-24(32)26-18-25(14-8-4-9-15-25)20-12-5-3-6-13-20/h3,5-6,12-13,17,19H,4,7-11,14-16,18H2,1-2H3,(H2,26,27,28,29,32). The number of rotatable bonds is 6. The van der Waals surface area contributed by atoms with Gasteiger partial charge in [0.1, 0.15) is 5.82 Å². The Morgan fingerprint density at radius 1 is 1.12 bits per heavy atom. The minimum atomic E-state index is 0.120. The predicted molar refractivity (Wildman–Crippen MR) is 135 cm³/mol. The van der Waals surface area contributed by atoms with E-state index < -0.39 is 0 Å². The summed E-state index contributed by atoms with van der Waals surface area (Å²) in [6.45, 7) is 4.06.